The highest BCUT2D eigenvalue weighted by atomic mass is 16.5. The lowest BCUT2D eigenvalue weighted by atomic mass is 9.89. The Morgan fingerprint density at radius 3 is 2.79 bits per heavy atom. The first-order valence-corrected chi connectivity index (χ1v) is 5.16. The third kappa shape index (κ3) is 1.42. The summed E-state index contributed by atoms with van der Waals surface area (Å²) in [4.78, 5) is 11.4. The van der Waals surface area contributed by atoms with E-state index in [0.717, 1.165) is 32.3 Å². The van der Waals surface area contributed by atoms with E-state index < -0.39 is 6.04 Å². The minimum absolute atomic E-state index is 0.108. The van der Waals surface area contributed by atoms with Gasteiger partial charge in [-0.25, -0.2) is 0 Å². The number of nitrogens with two attached hydrogens (primary N) is 1. The zero-order valence-electron chi connectivity index (χ0n) is 8.49. The highest BCUT2D eigenvalue weighted by molar-refractivity contribution is 5.77. The maximum atomic E-state index is 11.4. The minimum atomic E-state index is -0.504. The Morgan fingerprint density at radius 1 is 1.64 bits per heavy atom. The molecule has 80 valence electrons. The van der Waals surface area contributed by atoms with E-state index in [9.17, 15) is 4.79 Å². The number of rotatable bonds is 3. The number of carbonyl (C=O) groups excluding carboxylic acids is 1. The van der Waals surface area contributed by atoms with Crippen LogP contribution < -0.4 is 5.73 Å². The van der Waals surface area contributed by atoms with Gasteiger partial charge < -0.3 is 15.2 Å². The van der Waals surface area contributed by atoms with Gasteiger partial charge in [-0.1, -0.05) is 0 Å². The summed E-state index contributed by atoms with van der Waals surface area (Å²) < 4.78 is 10.3. The van der Waals surface area contributed by atoms with Crippen LogP contribution in [0.2, 0.25) is 0 Å². The molecule has 2 atom stereocenters. The van der Waals surface area contributed by atoms with E-state index in [1.54, 1.807) is 0 Å². The van der Waals surface area contributed by atoms with E-state index >= 15 is 0 Å². The van der Waals surface area contributed by atoms with Crippen molar-refractivity contribution in [2.45, 2.75) is 37.8 Å². The van der Waals surface area contributed by atoms with Gasteiger partial charge in [-0.3, -0.25) is 4.79 Å². The van der Waals surface area contributed by atoms with Crippen LogP contribution in [-0.2, 0) is 14.3 Å². The number of esters is 1. The lowest BCUT2D eigenvalue weighted by molar-refractivity contribution is -0.145. The first kappa shape index (κ1) is 9.93. The van der Waals surface area contributed by atoms with Crippen molar-refractivity contribution in [3.05, 3.63) is 0 Å². The van der Waals surface area contributed by atoms with Gasteiger partial charge in [-0.2, -0.15) is 0 Å². The van der Waals surface area contributed by atoms with Gasteiger partial charge in [0.15, 0.2) is 0 Å². The molecule has 1 saturated heterocycles. The molecule has 0 bridgehead atoms. The van der Waals surface area contributed by atoms with E-state index in [-0.39, 0.29) is 17.5 Å². The van der Waals surface area contributed by atoms with Gasteiger partial charge in [0.05, 0.1) is 13.2 Å². The Kier molecular flexibility index (Phi) is 2.49. The molecule has 2 aliphatic rings. The highest BCUT2D eigenvalue weighted by Crippen LogP contribution is 2.54. The van der Waals surface area contributed by atoms with Gasteiger partial charge in [0.2, 0.25) is 0 Å². The molecule has 4 nitrogen and oxygen atoms in total. The van der Waals surface area contributed by atoms with Crippen molar-refractivity contribution in [1.82, 2.24) is 0 Å². The molecular formula is C10H17NO3. The Bertz CT molecular complexity index is 232. The van der Waals surface area contributed by atoms with E-state index in [4.69, 9.17) is 10.5 Å². The number of carbonyl (C=O) groups is 1. The van der Waals surface area contributed by atoms with E-state index in [1.165, 1.54) is 7.11 Å². The summed E-state index contributed by atoms with van der Waals surface area (Å²) in [5, 5.41) is 0. The molecule has 0 amide bonds. The molecule has 0 spiro atoms. The standard InChI is InChI=1S/C10H17NO3/c1-13-9(12)8(11)10(4-5-10)7-3-2-6-14-7/h7-8H,2-6,11H2,1H3. The third-order valence-electron chi connectivity index (χ3n) is 3.47. The Balaban J connectivity index is 2.04. The molecule has 1 saturated carbocycles. The van der Waals surface area contributed by atoms with E-state index in [1.807, 2.05) is 0 Å². The lowest BCUT2D eigenvalue weighted by Crippen LogP contribution is -2.46. The molecule has 1 aliphatic heterocycles. The summed E-state index contributed by atoms with van der Waals surface area (Å²) in [6.45, 7) is 0.806. The van der Waals surface area contributed by atoms with Gasteiger partial charge in [0.25, 0.3) is 0 Å². The smallest absolute Gasteiger partial charge is 0.323 e. The van der Waals surface area contributed by atoms with Crippen molar-refractivity contribution >= 4 is 5.97 Å². The average Bonchev–Trinajstić information content (AvgIpc) is 2.84. The second kappa shape index (κ2) is 3.51. The predicted octanol–water partition coefficient (Wildman–Crippen LogP) is 0.446. The third-order valence-corrected chi connectivity index (χ3v) is 3.47. The maximum absolute atomic E-state index is 11.4. The number of methoxy groups -OCH3 is 1. The van der Waals surface area contributed by atoms with Crippen LogP contribution in [0.15, 0.2) is 0 Å². The molecule has 2 N–H and O–H groups in total. The lowest BCUT2D eigenvalue weighted by Gasteiger charge is -2.26. The average molecular weight is 199 g/mol. The molecule has 0 radical (unpaired) electrons. The Morgan fingerprint density at radius 2 is 2.36 bits per heavy atom. The number of hydrogen-bond donors (Lipinski definition) is 1. The van der Waals surface area contributed by atoms with Crippen LogP contribution in [-0.4, -0.2) is 31.8 Å². The highest BCUT2D eigenvalue weighted by Gasteiger charge is 2.57. The van der Waals surface area contributed by atoms with Crippen LogP contribution in [0.1, 0.15) is 25.7 Å². The summed E-state index contributed by atoms with van der Waals surface area (Å²) in [6, 6.07) is -0.504. The maximum Gasteiger partial charge on any atom is 0.323 e. The second-order valence-electron chi connectivity index (χ2n) is 4.24. The summed E-state index contributed by atoms with van der Waals surface area (Å²) in [5.74, 6) is -0.307. The topological polar surface area (TPSA) is 61.5 Å². The molecule has 1 heterocycles. The summed E-state index contributed by atoms with van der Waals surface area (Å²) >= 11 is 0. The van der Waals surface area contributed by atoms with Crippen LogP contribution in [0.25, 0.3) is 0 Å². The molecule has 2 rings (SSSR count). The summed E-state index contributed by atoms with van der Waals surface area (Å²) in [7, 11) is 1.38. The van der Waals surface area contributed by atoms with Gasteiger partial charge >= 0.3 is 5.97 Å². The quantitative estimate of drug-likeness (QED) is 0.670. The predicted molar refractivity (Wildman–Crippen MR) is 50.6 cm³/mol. The zero-order valence-corrected chi connectivity index (χ0v) is 8.49. The van der Waals surface area contributed by atoms with Crippen molar-refractivity contribution in [1.29, 1.82) is 0 Å². The first-order chi connectivity index (χ1) is 6.70. The molecule has 0 aromatic carbocycles. The van der Waals surface area contributed by atoms with Gasteiger partial charge in [-0.15, -0.1) is 0 Å². The molecule has 14 heavy (non-hydrogen) atoms. The van der Waals surface area contributed by atoms with Crippen molar-refractivity contribution in [3.8, 4) is 0 Å². The number of ether oxygens (including phenoxy) is 2. The zero-order chi connectivity index (χ0) is 10.2. The number of hydrogen-bond acceptors (Lipinski definition) is 4. The SMILES string of the molecule is COC(=O)C(N)C1(C2CCCO2)CC1. The van der Waals surface area contributed by atoms with E-state index in [2.05, 4.69) is 4.74 Å². The van der Waals surface area contributed by atoms with Crippen LogP contribution >= 0.6 is 0 Å². The summed E-state index contributed by atoms with van der Waals surface area (Å²) in [6.07, 6.45) is 4.28. The fraction of sp³-hybridized carbons (Fsp3) is 0.900. The molecule has 0 aromatic rings. The fourth-order valence-electron chi connectivity index (χ4n) is 2.37. The van der Waals surface area contributed by atoms with Crippen LogP contribution in [0.3, 0.4) is 0 Å². The monoisotopic (exact) mass is 199 g/mol. The fourth-order valence-corrected chi connectivity index (χ4v) is 2.37. The van der Waals surface area contributed by atoms with Crippen molar-refractivity contribution in [3.63, 3.8) is 0 Å². The van der Waals surface area contributed by atoms with Crippen LogP contribution in [0.5, 0.6) is 0 Å². The van der Waals surface area contributed by atoms with E-state index in [0.29, 0.717) is 0 Å². The molecule has 2 unspecified atom stereocenters. The second-order valence-corrected chi connectivity index (χ2v) is 4.24. The van der Waals surface area contributed by atoms with Gasteiger partial charge in [0.1, 0.15) is 6.04 Å². The Hall–Kier alpha value is -0.610. The van der Waals surface area contributed by atoms with Crippen LogP contribution in [0, 0.1) is 5.41 Å². The first-order valence-electron chi connectivity index (χ1n) is 5.16. The molecular weight excluding hydrogens is 182 g/mol. The van der Waals surface area contributed by atoms with Crippen molar-refractivity contribution in [2.24, 2.45) is 11.1 Å². The normalized spacial score (nSPS) is 31.1. The largest absolute Gasteiger partial charge is 0.468 e. The van der Waals surface area contributed by atoms with Gasteiger partial charge in [0, 0.05) is 12.0 Å². The summed E-state index contributed by atoms with van der Waals surface area (Å²) in [5.41, 5.74) is 5.79. The molecule has 2 fully saturated rings. The molecule has 1 aliphatic carbocycles. The van der Waals surface area contributed by atoms with Crippen molar-refractivity contribution < 1.29 is 14.3 Å². The molecule has 4 heteroatoms. The van der Waals surface area contributed by atoms with Gasteiger partial charge in [-0.05, 0) is 25.7 Å². The van der Waals surface area contributed by atoms with Crippen LogP contribution in [0.4, 0.5) is 0 Å². The molecule has 0 aromatic heterocycles. The van der Waals surface area contributed by atoms with Crippen molar-refractivity contribution in [2.75, 3.05) is 13.7 Å². The minimum Gasteiger partial charge on any atom is -0.468 e. The Labute approximate surface area is 83.7 Å².